The van der Waals surface area contributed by atoms with E-state index in [0.29, 0.717) is 0 Å². The van der Waals surface area contributed by atoms with Gasteiger partial charge < -0.3 is 19.1 Å². The number of para-hydroxylation sites is 1. The fraction of sp³-hybridized carbons (Fsp3) is 0.296. The molecule has 168 valence electrons. The summed E-state index contributed by atoms with van der Waals surface area (Å²) in [6.45, 7) is 8.65. The van der Waals surface area contributed by atoms with Gasteiger partial charge in [0.1, 0.15) is 11.9 Å². The van der Waals surface area contributed by atoms with E-state index in [2.05, 4.69) is 103 Å². The third-order valence-corrected chi connectivity index (χ3v) is 7.37. The molecule has 0 spiro atoms. The van der Waals surface area contributed by atoms with Gasteiger partial charge in [-0.15, -0.1) is 0 Å². The van der Waals surface area contributed by atoms with Crippen molar-refractivity contribution in [3.8, 4) is 5.75 Å². The molecule has 1 atom stereocenters. The van der Waals surface area contributed by atoms with Gasteiger partial charge in [0.05, 0.1) is 40.6 Å². The highest BCUT2D eigenvalue weighted by Gasteiger charge is 2.34. The van der Waals surface area contributed by atoms with E-state index in [0.717, 1.165) is 28.1 Å². The van der Waals surface area contributed by atoms with Crippen molar-refractivity contribution in [2.24, 2.45) is 7.05 Å². The van der Waals surface area contributed by atoms with E-state index in [4.69, 9.17) is 9.72 Å². The third-order valence-electron chi connectivity index (χ3n) is 7.37. The number of fused-ring (bicyclic) bond motifs is 6. The first-order valence-corrected chi connectivity index (χ1v) is 11.4. The summed E-state index contributed by atoms with van der Waals surface area (Å²) in [7, 11) is 6.03. The van der Waals surface area contributed by atoms with E-state index in [1.165, 1.54) is 39.2 Å². The molecule has 0 saturated carbocycles. The van der Waals surface area contributed by atoms with Crippen molar-refractivity contribution in [1.29, 1.82) is 0 Å². The summed E-state index contributed by atoms with van der Waals surface area (Å²) >= 11 is 0. The maximum Gasteiger partial charge on any atom is 0.215 e. The minimum Gasteiger partial charge on any atom is -0.496 e. The van der Waals surface area contributed by atoms with Gasteiger partial charge in [0.2, 0.25) is 5.78 Å². The minimum absolute atomic E-state index is 0.180. The maximum absolute atomic E-state index is 5.69. The first-order chi connectivity index (χ1) is 15.8. The number of imidazole rings is 2. The Morgan fingerprint density at radius 1 is 0.879 bits per heavy atom. The second-order valence-electron chi connectivity index (χ2n) is 9.30. The molecule has 3 heterocycles. The molecule has 6 rings (SSSR count). The van der Waals surface area contributed by atoms with Crippen LogP contribution in [0.3, 0.4) is 0 Å². The number of benzene rings is 3. The molecule has 0 aliphatic carbocycles. The molecule has 0 saturated heterocycles. The summed E-state index contributed by atoms with van der Waals surface area (Å²) in [4.78, 5) is 9.78. The number of aromatic nitrogens is 3. The van der Waals surface area contributed by atoms with Crippen molar-refractivity contribution in [1.82, 2.24) is 14.0 Å². The molecule has 1 aliphatic heterocycles. The largest absolute Gasteiger partial charge is 0.496 e. The van der Waals surface area contributed by atoms with Crippen LogP contribution in [0.4, 0.5) is 17.1 Å². The van der Waals surface area contributed by atoms with Crippen LogP contribution >= 0.6 is 0 Å². The van der Waals surface area contributed by atoms with Gasteiger partial charge in [0.25, 0.3) is 0 Å². The Labute approximate surface area is 193 Å². The number of rotatable bonds is 2. The van der Waals surface area contributed by atoms with Crippen LogP contribution in [0.5, 0.6) is 5.75 Å². The van der Waals surface area contributed by atoms with Gasteiger partial charge in [0, 0.05) is 25.3 Å². The summed E-state index contributed by atoms with van der Waals surface area (Å²) in [5, 5.41) is 0. The summed E-state index contributed by atoms with van der Waals surface area (Å²) in [5.74, 6) is 1.89. The van der Waals surface area contributed by atoms with Crippen molar-refractivity contribution in [3.05, 3.63) is 59.2 Å². The van der Waals surface area contributed by atoms with Crippen molar-refractivity contribution >= 4 is 44.9 Å². The fourth-order valence-electron chi connectivity index (χ4n) is 5.45. The second-order valence-corrected chi connectivity index (χ2v) is 9.30. The lowest BCUT2D eigenvalue weighted by Crippen LogP contribution is -2.36. The highest BCUT2D eigenvalue weighted by atomic mass is 16.5. The molecule has 33 heavy (non-hydrogen) atoms. The Morgan fingerprint density at radius 2 is 1.64 bits per heavy atom. The molecule has 5 aromatic rings. The molecular formula is C27H29N5O. The fourth-order valence-corrected chi connectivity index (χ4v) is 5.45. The summed E-state index contributed by atoms with van der Waals surface area (Å²) < 4.78 is 10.2. The Morgan fingerprint density at radius 3 is 2.39 bits per heavy atom. The second kappa shape index (κ2) is 6.67. The van der Waals surface area contributed by atoms with Crippen LogP contribution in [0.2, 0.25) is 0 Å². The quantitative estimate of drug-likeness (QED) is 0.346. The lowest BCUT2D eigenvalue weighted by atomic mass is 10.1. The lowest BCUT2D eigenvalue weighted by molar-refractivity contribution is 0.411. The highest BCUT2D eigenvalue weighted by molar-refractivity contribution is 5.99. The maximum atomic E-state index is 5.69. The number of hydrogen-bond acceptors (Lipinski definition) is 4. The molecule has 6 heteroatoms. The lowest BCUT2D eigenvalue weighted by Gasteiger charge is -2.30. The first kappa shape index (κ1) is 20.0. The zero-order valence-corrected chi connectivity index (χ0v) is 20.3. The molecule has 0 bridgehead atoms. The van der Waals surface area contributed by atoms with Gasteiger partial charge in [-0.1, -0.05) is 12.1 Å². The summed E-state index contributed by atoms with van der Waals surface area (Å²) in [6, 6.07) is 15.4. The number of ether oxygens (including phenoxy) is 1. The van der Waals surface area contributed by atoms with E-state index in [9.17, 15) is 0 Å². The van der Waals surface area contributed by atoms with Gasteiger partial charge in [-0.2, -0.15) is 0 Å². The SMILES string of the molecule is COc1cc(C)cc(N2c3cc4c(cc3N(C)[C@@H]2C)n2c3cccc(C)c3nc2n4C)c1C. The van der Waals surface area contributed by atoms with Crippen LogP contribution in [-0.2, 0) is 7.05 Å². The first-order valence-electron chi connectivity index (χ1n) is 11.4. The molecule has 0 fully saturated rings. The zero-order valence-electron chi connectivity index (χ0n) is 20.3. The van der Waals surface area contributed by atoms with E-state index >= 15 is 0 Å². The average Bonchev–Trinajstić information content (AvgIpc) is 3.39. The standard InChI is InChI=1S/C27H29N5O/c1-15-11-20(17(3)25(12-15)33-7)31-18(4)29(5)21-13-24-22(14-23(21)31)30(6)27-28-26-16(2)9-8-10-19(26)32(24)27/h8-14,18H,1-7H3/t18-/m0/s1. The average molecular weight is 440 g/mol. The third kappa shape index (κ3) is 2.52. The molecule has 1 aliphatic rings. The van der Waals surface area contributed by atoms with Crippen molar-refractivity contribution in [2.45, 2.75) is 33.9 Å². The minimum atomic E-state index is 0.180. The van der Waals surface area contributed by atoms with Crippen LogP contribution in [0, 0.1) is 20.8 Å². The van der Waals surface area contributed by atoms with E-state index < -0.39 is 0 Å². The van der Waals surface area contributed by atoms with Crippen LogP contribution in [0.25, 0.3) is 27.8 Å². The molecule has 0 radical (unpaired) electrons. The molecule has 6 nitrogen and oxygen atoms in total. The van der Waals surface area contributed by atoms with Crippen LogP contribution in [-0.4, -0.2) is 34.3 Å². The van der Waals surface area contributed by atoms with Crippen LogP contribution in [0.1, 0.15) is 23.6 Å². The van der Waals surface area contributed by atoms with Crippen LogP contribution < -0.4 is 14.5 Å². The van der Waals surface area contributed by atoms with Crippen molar-refractivity contribution in [2.75, 3.05) is 24.0 Å². The Bertz CT molecular complexity index is 1590. The Hall–Kier alpha value is -3.67. The molecule has 0 amide bonds. The molecule has 0 unspecified atom stereocenters. The van der Waals surface area contributed by atoms with Gasteiger partial charge in [0.15, 0.2) is 0 Å². The number of hydrogen-bond donors (Lipinski definition) is 0. The number of aryl methyl sites for hydroxylation is 3. The number of anilines is 3. The predicted octanol–water partition coefficient (Wildman–Crippen LogP) is 5.85. The van der Waals surface area contributed by atoms with E-state index in [-0.39, 0.29) is 6.17 Å². The van der Waals surface area contributed by atoms with Crippen molar-refractivity contribution in [3.63, 3.8) is 0 Å². The smallest absolute Gasteiger partial charge is 0.215 e. The monoisotopic (exact) mass is 439 g/mol. The summed E-state index contributed by atoms with van der Waals surface area (Å²) in [5.41, 5.74) is 11.7. The van der Waals surface area contributed by atoms with Crippen molar-refractivity contribution < 1.29 is 4.74 Å². The zero-order chi connectivity index (χ0) is 23.2. The van der Waals surface area contributed by atoms with Crippen LogP contribution in [0.15, 0.2) is 42.5 Å². The number of methoxy groups -OCH3 is 1. The normalized spacial score (nSPS) is 15.9. The van der Waals surface area contributed by atoms with E-state index in [1.54, 1.807) is 7.11 Å². The van der Waals surface area contributed by atoms with Gasteiger partial charge >= 0.3 is 0 Å². The van der Waals surface area contributed by atoms with Gasteiger partial charge in [-0.25, -0.2) is 4.98 Å². The summed E-state index contributed by atoms with van der Waals surface area (Å²) in [6.07, 6.45) is 0.180. The predicted molar refractivity (Wildman–Crippen MR) is 136 cm³/mol. The number of nitrogens with zero attached hydrogens (tertiary/aromatic N) is 5. The molecule has 0 N–H and O–H groups in total. The van der Waals surface area contributed by atoms with E-state index in [1.807, 2.05) is 0 Å². The topological polar surface area (TPSA) is 37.9 Å². The van der Waals surface area contributed by atoms with Gasteiger partial charge in [-0.05, 0) is 69.2 Å². The Kier molecular flexibility index (Phi) is 4.04. The highest BCUT2D eigenvalue weighted by Crippen LogP contribution is 2.48. The van der Waals surface area contributed by atoms with Gasteiger partial charge in [-0.3, -0.25) is 4.40 Å². The molecular weight excluding hydrogens is 410 g/mol. The molecule has 3 aromatic carbocycles. The molecule has 2 aromatic heterocycles. The Balaban J connectivity index is 1.66.